The molecule has 0 spiro atoms. The number of aryl methyl sites for hydroxylation is 1. The highest BCUT2D eigenvalue weighted by molar-refractivity contribution is 5.50. The van der Waals surface area contributed by atoms with Crippen LogP contribution in [0.4, 0.5) is 5.69 Å². The third-order valence-electron chi connectivity index (χ3n) is 4.11. The maximum atomic E-state index is 3.55. The van der Waals surface area contributed by atoms with Gasteiger partial charge in [-0.2, -0.15) is 0 Å². The van der Waals surface area contributed by atoms with E-state index in [4.69, 9.17) is 0 Å². The smallest absolute Gasteiger partial charge is 0.0370 e. The lowest BCUT2D eigenvalue weighted by molar-refractivity contribution is 0.130. The molecule has 0 amide bonds. The van der Waals surface area contributed by atoms with Crippen LogP contribution in [-0.2, 0) is 0 Å². The summed E-state index contributed by atoms with van der Waals surface area (Å²) in [5.74, 6) is 0.861. The van der Waals surface area contributed by atoms with Crippen molar-refractivity contribution in [3.05, 3.63) is 29.8 Å². The fraction of sp³-hybridized carbons (Fsp3) is 0.625. The summed E-state index contributed by atoms with van der Waals surface area (Å²) in [7, 11) is 0. The molecule has 1 saturated heterocycles. The van der Waals surface area contributed by atoms with Gasteiger partial charge in [0.2, 0.25) is 0 Å². The van der Waals surface area contributed by atoms with Crippen molar-refractivity contribution in [2.75, 3.05) is 25.0 Å². The normalized spacial score (nSPS) is 25.1. The molecule has 1 aliphatic rings. The number of rotatable bonds is 4. The second-order valence-corrected chi connectivity index (χ2v) is 5.77. The van der Waals surface area contributed by atoms with Gasteiger partial charge in [0.25, 0.3) is 0 Å². The number of benzene rings is 1. The molecular weight excluding hydrogens is 220 g/mol. The third-order valence-corrected chi connectivity index (χ3v) is 4.11. The number of hydrogen-bond donors (Lipinski definition) is 1. The number of likely N-dealkylation sites (tertiary alicyclic amines) is 1. The van der Waals surface area contributed by atoms with Crippen molar-refractivity contribution in [3.8, 4) is 0 Å². The van der Waals surface area contributed by atoms with Crippen LogP contribution < -0.4 is 5.32 Å². The second kappa shape index (κ2) is 6.24. The van der Waals surface area contributed by atoms with Crippen molar-refractivity contribution in [2.24, 2.45) is 5.92 Å². The molecule has 1 aromatic rings. The van der Waals surface area contributed by atoms with Crippen LogP contribution in [0.25, 0.3) is 0 Å². The molecule has 0 aromatic heterocycles. The molecule has 2 unspecified atom stereocenters. The molecule has 1 fully saturated rings. The monoisotopic (exact) mass is 246 g/mol. The van der Waals surface area contributed by atoms with Crippen molar-refractivity contribution in [1.82, 2.24) is 4.90 Å². The van der Waals surface area contributed by atoms with E-state index < -0.39 is 0 Å². The van der Waals surface area contributed by atoms with Crippen molar-refractivity contribution >= 4 is 5.69 Å². The first-order valence-electron chi connectivity index (χ1n) is 7.20. The molecule has 2 nitrogen and oxygen atoms in total. The average Bonchev–Trinajstić information content (AvgIpc) is 2.36. The summed E-state index contributed by atoms with van der Waals surface area (Å²) in [5.41, 5.74) is 2.60. The lowest BCUT2D eigenvalue weighted by Gasteiger charge is -2.36. The highest BCUT2D eigenvalue weighted by Crippen LogP contribution is 2.21. The largest absolute Gasteiger partial charge is 0.384 e. The summed E-state index contributed by atoms with van der Waals surface area (Å²) in [6, 6.07) is 9.27. The molecule has 0 bridgehead atoms. The lowest BCUT2D eigenvalue weighted by Crippen LogP contribution is -2.43. The Hall–Kier alpha value is -1.02. The Balaban J connectivity index is 1.79. The van der Waals surface area contributed by atoms with Gasteiger partial charge in [-0.3, -0.25) is 4.90 Å². The van der Waals surface area contributed by atoms with Gasteiger partial charge in [0, 0.05) is 31.4 Å². The molecule has 2 heteroatoms. The highest BCUT2D eigenvalue weighted by Gasteiger charge is 2.21. The van der Waals surface area contributed by atoms with E-state index in [9.17, 15) is 0 Å². The van der Waals surface area contributed by atoms with E-state index in [0.29, 0.717) is 0 Å². The van der Waals surface area contributed by atoms with Gasteiger partial charge in [-0.05, 0) is 44.2 Å². The molecule has 0 radical (unpaired) electrons. The quantitative estimate of drug-likeness (QED) is 0.874. The maximum Gasteiger partial charge on any atom is 0.0370 e. The van der Waals surface area contributed by atoms with E-state index in [1.807, 2.05) is 0 Å². The van der Waals surface area contributed by atoms with Crippen LogP contribution >= 0.6 is 0 Å². The minimum Gasteiger partial charge on any atom is -0.384 e. The molecule has 18 heavy (non-hydrogen) atoms. The predicted octanol–water partition coefficient (Wildman–Crippen LogP) is 3.53. The van der Waals surface area contributed by atoms with Gasteiger partial charge >= 0.3 is 0 Å². The Kier molecular flexibility index (Phi) is 4.65. The SMILES string of the molecule is Cc1ccccc1NCCN1CC(C)CCC1C. The second-order valence-electron chi connectivity index (χ2n) is 5.77. The minimum atomic E-state index is 0.750. The van der Waals surface area contributed by atoms with E-state index in [0.717, 1.165) is 25.0 Å². The molecular formula is C16H26N2. The van der Waals surface area contributed by atoms with Crippen LogP contribution in [0.15, 0.2) is 24.3 Å². The topological polar surface area (TPSA) is 15.3 Å². The molecule has 1 aliphatic heterocycles. The Morgan fingerprint density at radius 1 is 1.22 bits per heavy atom. The number of nitrogens with one attached hydrogen (secondary N) is 1. The number of nitrogens with zero attached hydrogens (tertiary/aromatic N) is 1. The van der Waals surface area contributed by atoms with Crippen LogP contribution in [0.1, 0.15) is 32.3 Å². The van der Waals surface area contributed by atoms with Gasteiger partial charge in [0.05, 0.1) is 0 Å². The van der Waals surface area contributed by atoms with Crippen LogP contribution in [0, 0.1) is 12.8 Å². The fourth-order valence-electron chi connectivity index (χ4n) is 2.80. The van der Waals surface area contributed by atoms with Crippen LogP contribution in [0.2, 0.25) is 0 Å². The van der Waals surface area contributed by atoms with Crippen LogP contribution in [0.5, 0.6) is 0 Å². The van der Waals surface area contributed by atoms with E-state index in [1.165, 1.54) is 30.6 Å². The summed E-state index contributed by atoms with van der Waals surface area (Å²) in [4.78, 5) is 2.62. The zero-order chi connectivity index (χ0) is 13.0. The van der Waals surface area contributed by atoms with Crippen molar-refractivity contribution in [2.45, 2.75) is 39.7 Å². The van der Waals surface area contributed by atoms with Gasteiger partial charge in [0.1, 0.15) is 0 Å². The van der Waals surface area contributed by atoms with Gasteiger partial charge in [-0.15, -0.1) is 0 Å². The van der Waals surface area contributed by atoms with Gasteiger partial charge in [-0.1, -0.05) is 25.1 Å². The fourth-order valence-corrected chi connectivity index (χ4v) is 2.80. The van der Waals surface area contributed by atoms with E-state index in [2.05, 4.69) is 55.3 Å². The maximum absolute atomic E-state index is 3.55. The zero-order valence-electron chi connectivity index (χ0n) is 11.9. The Labute approximate surface area is 111 Å². The van der Waals surface area contributed by atoms with Gasteiger partial charge < -0.3 is 5.32 Å². The molecule has 0 saturated carbocycles. The Morgan fingerprint density at radius 2 is 2.00 bits per heavy atom. The highest BCUT2D eigenvalue weighted by atomic mass is 15.2. The van der Waals surface area contributed by atoms with E-state index >= 15 is 0 Å². The summed E-state index contributed by atoms with van der Waals surface area (Å²) in [5, 5.41) is 3.55. The van der Waals surface area contributed by atoms with Crippen LogP contribution in [0.3, 0.4) is 0 Å². The standard InChI is InChI=1S/C16H26N2/c1-13-8-9-15(3)18(12-13)11-10-17-16-7-5-4-6-14(16)2/h4-7,13,15,17H,8-12H2,1-3H3. The number of para-hydroxylation sites is 1. The summed E-state index contributed by atoms with van der Waals surface area (Å²) in [6.07, 6.45) is 2.74. The first-order chi connectivity index (χ1) is 8.66. The van der Waals surface area contributed by atoms with E-state index in [1.54, 1.807) is 0 Å². The van der Waals surface area contributed by atoms with Gasteiger partial charge in [-0.25, -0.2) is 0 Å². The van der Waals surface area contributed by atoms with Gasteiger partial charge in [0.15, 0.2) is 0 Å². The molecule has 2 atom stereocenters. The zero-order valence-corrected chi connectivity index (χ0v) is 11.9. The molecule has 1 N–H and O–H groups in total. The Morgan fingerprint density at radius 3 is 2.78 bits per heavy atom. The predicted molar refractivity (Wildman–Crippen MR) is 79.1 cm³/mol. The number of anilines is 1. The molecule has 2 rings (SSSR count). The number of piperidine rings is 1. The molecule has 1 heterocycles. The summed E-state index contributed by atoms with van der Waals surface area (Å²) >= 11 is 0. The molecule has 100 valence electrons. The van der Waals surface area contributed by atoms with Crippen molar-refractivity contribution in [3.63, 3.8) is 0 Å². The third kappa shape index (κ3) is 3.49. The average molecular weight is 246 g/mol. The lowest BCUT2D eigenvalue weighted by atomic mass is 9.95. The first-order valence-corrected chi connectivity index (χ1v) is 7.20. The van der Waals surface area contributed by atoms with Crippen LogP contribution in [-0.4, -0.2) is 30.6 Å². The van der Waals surface area contributed by atoms with Crippen molar-refractivity contribution in [1.29, 1.82) is 0 Å². The number of hydrogen-bond acceptors (Lipinski definition) is 2. The minimum absolute atomic E-state index is 0.750. The summed E-state index contributed by atoms with van der Waals surface area (Å²) in [6.45, 7) is 10.3. The molecule has 0 aliphatic carbocycles. The van der Waals surface area contributed by atoms with Crippen molar-refractivity contribution < 1.29 is 0 Å². The molecule has 1 aromatic carbocycles. The Bertz CT molecular complexity index is 375. The summed E-state index contributed by atoms with van der Waals surface area (Å²) < 4.78 is 0. The first kappa shape index (κ1) is 13.4. The van der Waals surface area contributed by atoms with E-state index in [-0.39, 0.29) is 0 Å².